The van der Waals surface area contributed by atoms with Gasteiger partial charge in [-0.05, 0) is 90.1 Å². The minimum absolute atomic E-state index is 0.0133. The number of aliphatic carboxylic acids is 1. The number of rotatable bonds is 8. The van der Waals surface area contributed by atoms with Crippen LogP contribution in [0.2, 0.25) is 0 Å². The van der Waals surface area contributed by atoms with Gasteiger partial charge in [0, 0.05) is 37.4 Å². The molecule has 0 aromatic heterocycles. The molecule has 4 heterocycles. The molecule has 3 aromatic carbocycles. The van der Waals surface area contributed by atoms with Crippen molar-refractivity contribution in [3.8, 4) is 29.1 Å². The maximum absolute atomic E-state index is 13.5. The molecule has 17 heteroatoms. The average molecular weight is 938 g/mol. The fourth-order valence-electron chi connectivity index (χ4n) is 9.31. The third-order valence-electron chi connectivity index (χ3n) is 12.8. The number of primary amides is 1. The zero-order valence-electron chi connectivity index (χ0n) is 35.8. The smallest absolute Gasteiger partial charge is 0.335 e. The lowest BCUT2D eigenvalue weighted by molar-refractivity contribution is -0.340. The summed E-state index contributed by atoms with van der Waals surface area (Å²) in [5, 5.41) is 59.7. The Bertz CT molecular complexity index is 2500. The van der Waals surface area contributed by atoms with Gasteiger partial charge in [-0.3, -0.25) is 14.6 Å². The number of carbonyl (C=O) groups is 3. The zero-order valence-corrected chi connectivity index (χ0v) is 37.4. The Hall–Kier alpha value is -5.58. The third kappa shape index (κ3) is 9.50. The number of hydrogen-bond acceptors (Lipinski definition) is 15. The van der Waals surface area contributed by atoms with Crippen molar-refractivity contribution in [3.05, 3.63) is 107 Å². The number of carboxylic acid groups (broad SMARTS) is 1. The molecule has 4 aliphatic heterocycles. The van der Waals surface area contributed by atoms with E-state index < -0.39 is 54.2 Å². The molecule has 8 N–H and O–H groups in total. The number of hydrogen-bond donors (Lipinski definition) is 7. The molecule has 9 atom stereocenters. The summed E-state index contributed by atoms with van der Waals surface area (Å²) in [5.41, 5.74) is 4.58. The van der Waals surface area contributed by atoms with E-state index in [2.05, 4.69) is 52.5 Å². The molecule has 15 nitrogen and oxygen atoms in total. The molecule has 8 rings (SSSR count). The lowest BCUT2D eigenvalue weighted by Crippen LogP contribution is -2.80. The molecule has 0 spiro atoms. The van der Waals surface area contributed by atoms with E-state index in [1.165, 1.54) is 69.6 Å². The Morgan fingerprint density at radius 1 is 1.06 bits per heavy atom. The number of amides is 1. The number of allylic oxidation sites excluding steroid dienone is 2. The van der Waals surface area contributed by atoms with Gasteiger partial charge in [0.1, 0.15) is 35.1 Å². The maximum atomic E-state index is 13.5. The van der Waals surface area contributed by atoms with Crippen LogP contribution >= 0.6 is 21.6 Å². The number of phenolic OH excluding ortho intramolecular Hbond substituents is 1. The predicted molar refractivity (Wildman–Crippen MR) is 250 cm³/mol. The molecule has 2 saturated heterocycles. The number of ether oxygens (including phenoxy) is 4. The van der Waals surface area contributed by atoms with Gasteiger partial charge in [0.15, 0.2) is 23.6 Å². The molecular weight excluding hydrogens is 887 g/mol. The summed E-state index contributed by atoms with van der Waals surface area (Å²) in [4.78, 5) is 43.4. The number of carbonyl (C=O) groups excluding carboxylic acids is 2. The Balaban J connectivity index is 1.15. The van der Waals surface area contributed by atoms with Crippen molar-refractivity contribution < 1.29 is 58.9 Å². The van der Waals surface area contributed by atoms with E-state index in [-0.39, 0.29) is 70.7 Å². The topological polar surface area (TPSA) is 240 Å². The highest BCUT2D eigenvalue weighted by Crippen LogP contribution is 2.46. The van der Waals surface area contributed by atoms with Crippen molar-refractivity contribution in [3.63, 3.8) is 0 Å². The molecule has 5 aliphatic rings. The first kappa shape index (κ1) is 46.9. The molecule has 1 amide bonds. The first-order valence-electron chi connectivity index (χ1n) is 21.7. The van der Waals surface area contributed by atoms with Crippen LogP contribution < -0.4 is 20.5 Å². The van der Waals surface area contributed by atoms with Gasteiger partial charge in [-0.2, -0.15) is 0 Å². The monoisotopic (exact) mass is 937 g/mol. The van der Waals surface area contributed by atoms with E-state index in [9.17, 15) is 39.9 Å². The highest BCUT2D eigenvalue weighted by atomic mass is 33.1. The summed E-state index contributed by atoms with van der Waals surface area (Å²) in [7, 11) is 2.73. The Labute approximate surface area is 389 Å². The molecule has 0 saturated carbocycles. The number of aldehydes is 1. The molecule has 0 bridgehead atoms. The number of benzene rings is 3. The number of aryl methyl sites for hydroxylation is 1. The number of aromatic hydroxyl groups is 1. The van der Waals surface area contributed by atoms with Crippen molar-refractivity contribution in [2.45, 2.75) is 67.9 Å². The van der Waals surface area contributed by atoms with Crippen molar-refractivity contribution in [2.24, 2.45) is 28.5 Å². The van der Waals surface area contributed by atoms with Crippen molar-refractivity contribution in [1.82, 2.24) is 5.32 Å². The minimum atomic E-state index is -2.61. The first-order chi connectivity index (χ1) is 31.9. The number of nitrogens with two attached hydrogens (primary N) is 1. The van der Waals surface area contributed by atoms with Crippen molar-refractivity contribution >= 4 is 63.4 Å². The Morgan fingerprint density at radius 2 is 1.88 bits per heavy atom. The number of nitrogens with one attached hydrogen (secondary N) is 1. The number of aliphatic imine (C=N–C) groups is 1. The summed E-state index contributed by atoms with van der Waals surface area (Å²) in [5.74, 6) is 3.98. The highest BCUT2D eigenvalue weighted by molar-refractivity contribution is 8.76. The van der Waals surface area contributed by atoms with E-state index in [4.69, 9.17) is 24.7 Å². The van der Waals surface area contributed by atoms with E-state index in [1.807, 2.05) is 18.3 Å². The molecule has 0 radical (unpaired) electrons. The van der Waals surface area contributed by atoms with E-state index in [0.717, 1.165) is 30.4 Å². The molecule has 1 unspecified atom stereocenters. The highest BCUT2D eigenvalue weighted by Gasteiger charge is 2.69. The van der Waals surface area contributed by atoms with Crippen LogP contribution in [0.15, 0.2) is 89.4 Å². The summed E-state index contributed by atoms with van der Waals surface area (Å²) in [6.07, 6.45) is 4.71. The number of aliphatic hydroxyl groups is 3. The van der Waals surface area contributed by atoms with Crippen molar-refractivity contribution in [2.75, 3.05) is 31.3 Å². The lowest BCUT2D eigenvalue weighted by Gasteiger charge is -2.53. The second kappa shape index (κ2) is 20.5. The van der Waals surface area contributed by atoms with Gasteiger partial charge in [-0.25, -0.2) is 4.79 Å². The third-order valence-corrected chi connectivity index (χ3v) is 14.9. The van der Waals surface area contributed by atoms with Gasteiger partial charge in [-0.15, -0.1) is 11.8 Å². The first-order valence-corrected chi connectivity index (χ1v) is 24.2. The largest absolute Gasteiger partial charge is 0.508 e. The number of fused-ring (bicyclic) bond motifs is 3. The Kier molecular flexibility index (Phi) is 14.6. The van der Waals surface area contributed by atoms with Crippen LogP contribution in [0, 0.1) is 29.6 Å². The van der Waals surface area contributed by atoms with E-state index in [1.54, 1.807) is 0 Å². The molecule has 1 aliphatic carbocycles. The summed E-state index contributed by atoms with van der Waals surface area (Å²) in [6.45, 7) is 0.345. The van der Waals surface area contributed by atoms with Gasteiger partial charge in [-0.1, -0.05) is 76.2 Å². The number of phenols is 1. The predicted octanol–water partition coefficient (Wildman–Crippen LogP) is 4.93. The van der Waals surface area contributed by atoms with Gasteiger partial charge in [0.25, 0.3) is 5.91 Å². The molecule has 66 heavy (non-hydrogen) atoms. The maximum Gasteiger partial charge on any atom is 0.335 e. The van der Waals surface area contributed by atoms with Gasteiger partial charge in [0.2, 0.25) is 12.4 Å². The SMILES string of the molecule is NC(=O)C1Oc2cc(O[C@@H]3O[C@H](C(=O)O)[C@@H](O)[C@]4(C=O)OCSSC[C@H](C5=CCN=C5)[C@H]([C@@H]5CC#CCCCc6ccccc6/C=C/C5)CNC[C@]34O)ccc2C(O)=C1c1ccc(O)cc1. The fourth-order valence-corrected chi connectivity index (χ4v) is 11.4. The number of β-amino-alcohol motifs (C(OH)–C–C–N with tert-alkyl or cyclic N) is 1. The van der Waals surface area contributed by atoms with Crippen LogP contribution in [0.5, 0.6) is 17.2 Å². The van der Waals surface area contributed by atoms with Crippen LogP contribution in [0.3, 0.4) is 0 Å². The average Bonchev–Trinajstić information content (AvgIpc) is 3.84. The molecule has 346 valence electrons. The summed E-state index contributed by atoms with van der Waals surface area (Å²) >= 11 is 0. The summed E-state index contributed by atoms with van der Waals surface area (Å²) in [6, 6.07) is 18.2. The van der Waals surface area contributed by atoms with Crippen LogP contribution in [0.1, 0.15) is 47.9 Å². The standard InChI is InChI=1S/C49H51N3O12S2/c50-45(57)42-40(32-14-16-34(54)17-15-32)41(55)36-19-18-35(22-39(36)63-42)62-47-48(60)26-52-24-37(31-11-4-2-1-3-8-29-9-5-6-10-30(29)12-7-13-31)38(33-20-21-51-23-33)25-65-66-28-61-49(48,27-53)44(56)43(64-47)46(58)59/h5-7,9-10,12,14-20,22-23,27,31,37-38,42-44,47,52,54-56,60H,1,3,8,11,13,21,24-26,28H2,(H2,50,57)(H,58,59)/b12-7+/t31-,37+,38-,42?,43+,44-,47-,48+,49+/m1/s1. The molecule has 3 aromatic rings. The second-order valence-corrected chi connectivity index (χ2v) is 19.2. The van der Waals surface area contributed by atoms with Gasteiger partial charge >= 0.3 is 5.97 Å². The quantitative estimate of drug-likeness (QED) is 0.0900. The number of carboxylic acids is 1. The van der Waals surface area contributed by atoms with Crippen LogP contribution in [-0.4, -0.2) is 117 Å². The van der Waals surface area contributed by atoms with Crippen molar-refractivity contribution in [1.29, 1.82) is 0 Å². The van der Waals surface area contributed by atoms with Gasteiger partial charge < -0.3 is 55.5 Å². The summed E-state index contributed by atoms with van der Waals surface area (Å²) < 4.78 is 24.3. The number of aliphatic hydroxyl groups excluding tert-OH is 2. The van der Waals surface area contributed by atoms with E-state index >= 15 is 0 Å². The van der Waals surface area contributed by atoms with Crippen LogP contribution in [0.25, 0.3) is 17.4 Å². The van der Waals surface area contributed by atoms with Gasteiger partial charge in [0.05, 0.1) is 17.7 Å². The second-order valence-electron chi connectivity index (χ2n) is 16.8. The number of nitrogens with zero attached hydrogens (tertiary/aromatic N) is 1. The Morgan fingerprint density at radius 3 is 2.64 bits per heavy atom. The fraction of sp³-hybridized carbons (Fsp3) is 0.388. The minimum Gasteiger partial charge on any atom is -0.508 e. The molecule has 2 fully saturated rings. The normalized spacial score (nSPS) is 30.9. The van der Waals surface area contributed by atoms with E-state index in [0.29, 0.717) is 30.7 Å². The zero-order chi connectivity index (χ0) is 46.4. The lowest BCUT2D eigenvalue weighted by atomic mass is 9.73. The van der Waals surface area contributed by atoms with Crippen LogP contribution in [-0.2, 0) is 30.3 Å². The van der Waals surface area contributed by atoms with Crippen LogP contribution in [0.4, 0.5) is 0 Å². The molecular formula is C49H51N3O12S2.